The van der Waals surface area contributed by atoms with Crippen molar-refractivity contribution in [3.63, 3.8) is 0 Å². The van der Waals surface area contributed by atoms with Crippen LogP contribution in [0.5, 0.6) is 0 Å². The molecule has 1 spiro atoms. The first kappa shape index (κ1) is 24.1. The highest BCUT2D eigenvalue weighted by Crippen LogP contribution is 2.55. The normalized spacial score (nSPS) is 43.9. The van der Waals surface area contributed by atoms with Crippen LogP contribution in [-0.4, -0.2) is 61.1 Å². The Hall–Kier alpha value is -0.0231. The van der Waals surface area contributed by atoms with Crippen LogP contribution in [0.3, 0.4) is 0 Å². The third kappa shape index (κ3) is 4.41. The van der Waals surface area contributed by atoms with Gasteiger partial charge in [-0.15, -0.1) is 0 Å². The largest absolute Gasteiger partial charge is 0.414 e. The van der Waals surface area contributed by atoms with Crippen LogP contribution in [0.15, 0.2) is 0 Å². The van der Waals surface area contributed by atoms with Gasteiger partial charge in [-0.25, -0.2) is 0 Å². The van der Waals surface area contributed by atoms with Crippen molar-refractivity contribution in [1.29, 1.82) is 0 Å². The van der Waals surface area contributed by atoms with Gasteiger partial charge in [0, 0.05) is 31.8 Å². The lowest BCUT2D eigenvalue weighted by atomic mass is 9.75. The Bertz CT molecular complexity index is 690. The molecule has 0 amide bonds. The van der Waals surface area contributed by atoms with Crippen molar-refractivity contribution in [3.05, 3.63) is 0 Å². The van der Waals surface area contributed by atoms with Gasteiger partial charge in [-0.2, -0.15) is 0 Å². The minimum atomic E-state index is -1.87. The van der Waals surface area contributed by atoms with E-state index >= 15 is 0 Å². The van der Waals surface area contributed by atoms with Crippen molar-refractivity contribution in [2.45, 2.75) is 146 Å². The second-order valence-corrected chi connectivity index (χ2v) is 17.4. The Morgan fingerprint density at radius 2 is 1.74 bits per heavy atom. The van der Waals surface area contributed by atoms with E-state index in [-0.39, 0.29) is 41.5 Å². The fourth-order valence-corrected chi connectivity index (χ4v) is 7.29. The number of hydrogen-bond acceptors (Lipinski definition) is 6. The first-order chi connectivity index (χ1) is 14.0. The number of ether oxygens (including phenoxy) is 4. The van der Waals surface area contributed by atoms with Gasteiger partial charge in [0.05, 0.1) is 18.3 Å². The van der Waals surface area contributed by atoms with Crippen LogP contribution < -0.4 is 0 Å². The zero-order chi connectivity index (χ0) is 23.0. The Morgan fingerprint density at radius 3 is 2.39 bits per heavy atom. The summed E-state index contributed by atoms with van der Waals surface area (Å²) in [6.07, 6.45) is 3.42. The molecule has 4 aliphatic rings. The van der Waals surface area contributed by atoms with Crippen molar-refractivity contribution in [2.24, 2.45) is 5.92 Å². The molecule has 4 rings (SSSR count). The molecular formula is C24H44O6Si. The highest BCUT2D eigenvalue weighted by Gasteiger charge is 2.66. The van der Waals surface area contributed by atoms with Gasteiger partial charge in [0.1, 0.15) is 11.7 Å². The molecule has 2 bridgehead atoms. The summed E-state index contributed by atoms with van der Waals surface area (Å²) in [7, 11) is -1.87. The minimum Gasteiger partial charge on any atom is -0.414 e. The van der Waals surface area contributed by atoms with Crippen LogP contribution >= 0.6 is 0 Å². The summed E-state index contributed by atoms with van der Waals surface area (Å²) in [5.41, 5.74) is -0.480. The molecule has 31 heavy (non-hydrogen) atoms. The maximum Gasteiger partial charge on any atom is 0.192 e. The topological polar surface area (TPSA) is 66.4 Å². The van der Waals surface area contributed by atoms with Gasteiger partial charge < -0.3 is 28.5 Å². The van der Waals surface area contributed by atoms with Gasteiger partial charge in [-0.3, -0.25) is 0 Å². The second-order valence-electron chi connectivity index (χ2n) is 12.6. The molecule has 0 aromatic carbocycles. The Kier molecular flexibility index (Phi) is 5.82. The molecule has 1 saturated carbocycles. The van der Waals surface area contributed by atoms with E-state index in [1.165, 1.54) is 0 Å². The van der Waals surface area contributed by atoms with Crippen LogP contribution in [0.25, 0.3) is 0 Å². The Labute approximate surface area is 189 Å². The molecule has 3 heterocycles. The molecule has 3 aliphatic heterocycles. The molecule has 0 radical (unpaired) electrons. The third-order valence-electron chi connectivity index (χ3n) is 8.53. The Balaban J connectivity index is 1.43. The van der Waals surface area contributed by atoms with E-state index in [0.29, 0.717) is 12.8 Å². The summed E-state index contributed by atoms with van der Waals surface area (Å²) in [6, 6.07) is 0. The smallest absolute Gasteiger partial charge is 0.192 e. The summed E-state index contributed by atoms with van der Waals surface area (Å²) in [5.74, 6) is -1.56. The lowest BCUT2D eigenvalue weighted by Crippen LogP contribution is -2.58. The summed E-state index contributed by atoms with van der Waals surface area (Å²) in [6.45, 7) is 19.6. The van der Waals surface area contributed by atoms with Crippen LogP contribution in [0.4, 0.5) is 0 Å². The molecule has 3 saturated heterocycles. The highest BCUT2D eigenvalue weighted by molar-refractivity contribution is 6.74. The molecule has 1 aliphatic carbocycles. The van der Waals surface area contributed by atoms with Gasteiger partial charge >= 0.3 is 0 Å². The van der Waals surface area contributed by atoms with Crippen molar-refractivity contribution in [1.82, 2.24) is 0 Å². The molecule has 0 aromatic heterocycles. The monoisotopic (exact) mass is 456 g/mol. The van der Waals surface area contributed by atoms with Crippen molar-refractivity contribution in [2.75, 3.05) is 0 Å². The lowest BCUT2D eigenvalue weighted by molar-refractivity contribution is -0.317. The van der Waals surface area contributed by atoms with E-state index < -0.39 is 25.5 Å². The van der Waals surface area contributed by atoms with E-state index in [9.17, 15) is 5.11 Å². The molecule has 8 atom stereocenters. The fourth-order valence-electron chi connectivity index (χ4n) is 5.78. The maximum absolute atomic E-state index is 11.6. The molecular weight excluding hydrogens is 412 g/mol. The van der Waals surface area contributed by atoms with Crippen molar-refractivity contribution >= 4 is 8.32 Å². The van der Waals surface area contributed by atoms with Crippen LogP contribution in [0, 0.1) is 5.92 Å². The molecule has 7 heteroatoms. The average Bonchev–Trinajstić information content (AvgIpc) is 3.06. The summed E-state index contributed by atoms with van der Waals surface area (Å²) >= 11 is 0. The average molecular weight is 457 g/mol. The van der Waals surface area contributed by atoms with Gasteiger partial charge in [0.25, 0.3) is 0 Å². The lowest BCUT2D eigenvalue weighted by Gasteiger charge is -2.49. The molecule has 4 fully saturated rings. The quantitative estimate of drug-likeness (QED) is 0.603. The number of rotatable bonds is 5. The number of fused-ring (bicyclic) bond motifs is 3. The molecule has 0 aromatic rings. The predicted octanol–water partition coefficient (Wildman–Crippen LogP) is 4.74. The van der Waals surface area contributed by atoms with E-state index in [4.69, 9.17) is 23.4 Å². The van der Waals surface area contributed by atoms with Gasteiger partial charge in [-0.1, -0.05) is 27.7 Å². The predicted molar refractivity (Wildman–Crippen MR) is 121 cm³/mol. The van der Waals surface area contributed by atoms with Crippen molar-refractivity contribution in [3.8, 4) is 0 Å². The zero-order valence-corrected chi connectivity index (χ0v) is 22.0. The van der Waals surface area contributed by atoms with Crippen molar-refractivity contribution < 1.29 is 28.5 Å². The Morgan fingerprint density at radius 1 is 1.10 bits per heavy atom. The van der Waals surface area contributed by atoms with Gasteiger partial charge in [-0.05, 0) is 51.2 Å². The first-order valence-corrected chi connectivity index (χ1v) is 15.1. The number of hydrogen-bond donors (Lipinski definition) is 1. The fraction of sp³-hybridized carbons (Fsp3) is 1.00. The first-order valence-electron chi connectivity index (χ1n) is 12.2. The summed E-state index contributed by atoms with van der Waals surface area (Å²) in [4.78, 5) is 0. The standard InChI is InChI=1S/C24H44O6Si/c1-15(16(2)29-31(8,9)21(3,4)5)12-24(25)11-10-19-23(30-24)13-17(26-19)20-18(14-23)27-22(6,7)28-20/h15-20,25H,10-14H2,1-9H3/t15-,16+,17-,18-,19+,20+,23-,24+/m1/s1. The van der Waals surface area contributed by atoms with E-state index in [0.717, 1.165) is 19.3 Å². The third-order valence-corrected chi connectivity index (χ3v) is 13.1. The van der Waals surface area contributed by atoms with E-state index in [2.05, 4.69) is 47.7 Å². The van der Waals surface area contributed by atoms with Crippen LogP contribution in [0.2, 0.25) is 18.1 Å². The van der Waals surface area contributed by atoms with E-state index in [1.807, 2.05) is 13.8 Å². The van der Waals surface area contributed by atoms with Gasteiger partial charge in [0.15, 0.2) is 19.9 Å². The molecule has 1 N–H and O–H groups in total. The molecule has 180 valence electrons. The number of aliphatic hydroxyl groups is 1. The minimum absolute atomic E-state index is 0.00916. The molecule has 0 unspecified atom stereocenters. The van der Waals surface area contributed by atoms with Crippen LogP contribution in [-0.2, 0) is 23.4 Å². The van der Waals surface area contributed by atoms with Gasteiger partial charge in [0.2, 0.25) is 0 Å². The zero-order valence-electron chi connectivity index (χ0n) is 21.0. The SMILES string of the molecule is C[C@H](C[C@]1(O)CC[C@@H]2O[C@@H]3C[C@]2(C[C@H]2OC(C)(C)O[C@@H]32)O1)[C@H](C)O[Si](C)(C)C(C)(C)C. The maximum atomic E-state index is 11.6. The van der Waals surface area contributed by atoms with E-state index in [1.54, 1.807) is 0 Å². The summed E-state index contributed by atoms with van der Waals surface area (Å²) in [5, 5.41) is 11.7. The molecule has 6 nitrogen and oxygen atoms in total. The van der Waals surface area contributed by atoms with Crippen LogP contribution in [0.1, 0.15) is 80.6 Å². The highest BCUT2D eigenvalue weighted by atomic mass is 28.4. The summed E-state index contributed by atoms with van der Waals surface area (Å²) < 4.78 is 31.9. The second kappa shape index (κ2) is 7.49.